The number of halogens is 1. The Balaban J connectivity index is 0.00000256. The number of hydrogen-bond donors (Lipinski definition) is 2. The highest BCUT2D eigenvalue weighted by molar-refractivity contribution is 5.85. The molecule has 0 spiro atoms. The molecule has 0 atom stereocenters. The second kappa shape index (κ2) is 10.1. The molecule has 0 aromatic heterocycles. The highest BCUT2D eigenvalue weighted by Crippen LogP contribution is 2.60. The Labute approximate surface area is 186 Å². The third-order valence-corrected chi connectivity index (χ3v) is 7.41. The summed E-state index contributed by atoms with van der Waals surface area (Å²) in [6.07, 6.45) is 8.38. The number of nitrogens with two attached hydrogens (primary N) is 1. The van der Waals surface area contributed by atoms with Crippen LogP contribution in [0.2, 0.25) is 0 Å². The first-order chi connectivity index (χ1) is 14.1. The van der Waals surface area contributed by atoms with E-state index in [-0.39, 0.29) is 29.6 Å². The van der Waals surface area contributed by atoms with Crippen molar-refractivity contribution in [2.45, 2.75) is 51.4 Å². The lowest BCUT2D eigenvalue weighted by Crippen LogP contribution is -2.53. The third-order valence-electron chi connectivity index (χ3n) is 7.41. The number of carbonyl (C=O) groups excluding carboxylic acids is 2. The maximum atomic E-state index is 13.0. The second-order valence-corrected chi connectivity index (χ2v) is 9.61. The Kier molecular flexibility index (Phi) is 7.81. The number of nitrogens with zero attached hydrogens (tertiary/aromatic N) is 1. The molecule has 0 saturated heterocycles. The number of nitrogens with one attached hydrogen (secondary N) is 1. The number of hydrogen-bond acceptors (Lipinski definition) is 3. The lowest BCUT2D eigenvalue weighted by Gasteiger charge is -2.55. The molecule has 1 aromatic rings. The van der Waals surface area contributed by atoms with E-state index >= 15 is 0 Å². The molecule has 4 saturated carbocycles. The highest BCUT2D eigenvalue weighted by Gasteiger charge is 2.54. The predicted molar refractivity (Wildman–Crippen MR) is 121 cm³/mol. The van der Waals surface area contributed by atoms with Crippen LogP contribution in [0.25, 0.3) is 0 Å². The summed E-state index contributed by atoms with van der Waals surface area (Å²) in [4.78, 5) is 27.6. The monoisotopic (exact) mass is 433 g/mol. The smallest absolute Gasteiger partial charge is 0.226 e. The summed E-state index contributed by atoms with van der Waals surface area (Å²) in [5.41, 5.74) is 6.80. The van der Waals surface area contributed by atoms with Gasteiger partial charge in [-0.05, 0) is 68.3 Å². The van der Waals surface area contributed by atoms with Crippen LogP contribution in [-0.2, 0) is 16.0 Å². The SMILES string of the molecule is Cl.NCCN(CCc1ccccc1)C(=O)CCNC(=O)C12CC3CC(CC(C3)C1)C2. The van der Waals surface area contributed by atoms with E-state index < -0.39 is 0 Å². The molecule has 4 aliphatic carbocycles. The summed E-state index contributed by atoms with van der Waals surface area (Å²) in [5.74, 6) is 2.56. The number of benzene rings is 1. The topological polar surface area (TPSA) is 75.4 Å². The fraction of sp³-hybridized carbons (Fsp3) is 0.667. The fourth-order valence-electron chi connectivity index (χ4n) is 6.44. The Morgan fingerprint density at radius 2 is 1.60 bits per heavy atom. The molecule has 0 heterocycles. The molecule has 30 heavy (non-hydrogen) atoms. The van der Waals surface area contributed by atoms with Crippen LogP contribution in [0.1, 0.15) is 50.5 Å². The second-order valence-electron chi connectivity index (χ2n) is 9.61. The van der Waals surface area contributed by atoms with Gasteiger partial charge in [0.05, 0.1) is 0 Å². The van der Waals surface area contributed by atoms with Crippen LogP contribution in [0.5, 0.6) is 0 Å². The predicted octanol–water partition coefficient (Wildman–Crippen LogP) is 3.16. The molecule has 4 bridgehead atoms. The van der Waals surface area contributed by atoms with Gasteiger partial charge in [-0.25, -0.2) is 0 Å². The molecular formula is C24H36ClN3O2. The van der Waals surface area contributed by atoms with Gasteiger partial charge in [-0.1, -0.05) is 30.3 Å². The molecule has 5 rings (SSSR count). The van der Waals surface area contributed by atoms with Gasteiger partial charge >= 0.3 is 0 Å². The molecule has 0 unspecified atom stereocenters. The minimum absolute atomic E-state index is 0. The molecule has 1 aromatic carbocycles. The Hall–Kier alpha value is -1.59. The normalized spacial score (nSPS) is 28.6. The first kappa shape index (κ1) is 23.1. The zero-order valence-electron chi connectivity index (χ0n) is 17.9. The van der Waals surface area contributed by atoms with E-state index in [0.29, 0.717) is 32.6 Å². The van der Waals surface area contributed by atoms with Gasteiger partial charge in [0, 0.05) is 38.0 Å². The van der Waals surface area contributed by atoms with Gasteiger partial charge in [0.2, 0.25) is 11.8 Å². The number of amides is 2. The summed E-state index contributed by atoms with van der Waals surface area (Å²) in [6, 6.07) is 10.2. The zero-order chi connectivity index (χ0) is 20.3. The first-order valence-electron chi connectivity index (χ1n) is 11.4. The maximum absolute atomic E-state index is 13.0. The van der Waals surface area contributed by atoms with Crippen molar-refractivity contribution < 1.29 is 9.59 Å². The molecule has 0 radical (unpaired) electrons. The molecule has 0 aliphatic heterocycles. The van der Waals surface area contributed by atoms with E-state index in [2.05, 4.69) is 17.4 Å². The van der Waals surface area contributed by atoms with Crippen molar-refractivity contribution in [3.05, 3.63) is 35.9 Å². The van der Waals surface area contributed by atoms with Gasteiger partial charge in [-0.3, -0.25) is 9.59 Å². The van der Waals surface area contributed by atoms with Gasteiger partial charge in [-0.15, -0.1) is 12.4 Å². The molecule has 166 valence electrons. The molecule has 2 amide bonds. The maximum Gasteiger partial charge on any atom is 0.226 e. The molecular weight excluding hydrogens is 398 g/mol. The lowest BCUT2D eigenvalue weighted by molar-refractivity contribution is -0.146. The van der Waals surface area contributed by atoms with E-state index in [1.165, 1.54) is 24.8 Å². The standard InChI is InChI=1S/C24H35N3O2.ClH/c25-8-11-27(10-7-18-4-2-1-3-5-18)22(28)6-9-26-23(29)24-15-19-12-20(16-24)14-21(13-19)17-24;/h1-5,19-21H,6-17,25H2,(H,26,29);1H. The lowest BCUT2D eigenvalue weighted by atomic mass is 9.49. The summed E-state index contributed by atoms with van der Waals surface area (Å²) in [6.45, 7) is 2.13. The van der Waals surface area contributed by atoms with Crippen molar-refractivity contribution in [2.75, 3.05) is 26.2 Å². The van der Waals surface area contributed by atoms with Crippen molar-refractivity contribution in [3.63, 3.8) is 0 Å². The van der Waals surface area contributed by atoms with Crippen LogP contribution in [0.4, 0.5) is 0 Å². The van der Waals surface area contributed by atoms with Crippen LogP contribution < -0.4 is 11.1 Å². The minimum Gasteiger partial charge on any atom is -0.355 e. The van der Waals surface area contributed by atoms with E-state index in [0.717, 1.165) is 43.4 Å². The summed E-state index contributed by atoms with van der Waals surface area (Å²) in [5, 5.41) is 3.12. The first-order valence-corrected chi connectivity index (χ1v) is 11.4. The van der Waals surface area contributed by atoms with Gasteiger partial charge in [0.25, 0.3) is 0 Å². The summed E-state index contributed by atoms with van der Waals surface area (Å²) < 4.78 is 0. The van der Waals surface area contributed by atoms with E-state index in [1.54, 1.807) is 0 Å². The van der Waals surface area contributed by atoms with E-state index in [1.807, 2.05) is 23.1 Å². The Bertz CT molecular complexity index is 689. The average Bonchev–Trinajstić information content (AvgIpc) is 2.70. The van der Waals surface area contributed by atoms with Crippen LogP contribution in [0.3, 0.4) is 0 Å². The third kappa shape index (κ3) is 5.17. The molecule has 4 fully saturated rings. The van der Waals surface area contributed by atoms with E-state index in [4.69, 9.17) is 5.73 Å². The largest absolute Gasteiger partial charge is 0.355 e. The van der Waals surface area contributed by atoms with E-state index in [9.17, 15) is 9.59 Å². The number of rotatable bonds is 9. The van der Waals surface area contributed by atoms with Crippen LogP contribution >= 0.6 is 12.4 Å². The average molecular weight is 434 g/mol. The molecule has 5 nitrogen and oxygen atoms in total. The minimum atomic E-state index is -0.137. The van der Waals surface area contributed by atoms with Crippen molar-refractivity contribution in [3.8, 4) is 0 Å². The van der Waals surface area contributed by atoms with Crippen LogP contribution in [0, 0.1) is 23.2 Å². The van der Waals surface area contributed by atoms with Crippen LogP contribution in [-0.4, -0.2) is 42.9 Å². The Morgan fingerprint density at radius 3 is 2.17 bits per heavy atom. The van der Waals surface area contributed by atoms with Gasteiger partial charge in [0.1, 0.15) is 0 Å². The highest BCUT2D eigenvalue weighted by atomic mass is 35.5. The number of carbonyl (C=O) groups is 2. The molecule has 3 N–H and O–H groups in total. The van der Waals surface area contributed by atoms with Gasteiger partial charge in [-0.2, -0.15) is 0 Å². The molecule has 4 aliphatic rings. The van der Waals surface area contributed by atoms with Gasteiger partial charge in [0.15, 0.2) is 0 Å². The zero-order valence-corrected chi connectivity index (χ0v) is 18.7. The van der Waals surface area contributed by atoms with Crippen molar-refractivity contribution >= 4 is 24.2 Å². The molecule has 6 heteroatoms. The van der Waals surface area contributed by atoms with Crippen molar-refractivity contribution in [1.82, 2.24) is 10.2 Å². The van der Waals surface area contributed by atoms with Gasteiger partial charge < -0.3 is 16.0 Å². The van der Waals surface area contributed by atoms with Crippen molar-refractivity contribution in [1.29, 1.82) is 0 Å². The summed E-state index contributed by atoms with van der Waals surface area (Å²) in [7, 11) is 0. The van der Waals surface area contributed by atoms with Crippen LogP contribution in [0.15, 0.2) is 30.3 Å². The van der Waals surface area contributed by atoms with Crippen molar-refractivity contribution in [2.24, 2.45) is 28.9 Å². The Morgan fingerprint density at radius 1 is 1.00 bits per heavy atom. The quantitative estimate of drug-likeness (QED) is 0.628. The summed E-state index contributed by atoms with van der Waals surface area (Å²) >= 11 is 0. The fourth-order valence-corrected chi connectivity index (χ4v) is 6.44.